The van der Waals surface area contributed by atoms with Crippen molar-refractivity contribution in [3.63, 3.8) is 0 Å². The summed E-state index contributed by atoms with van der Waals surface area (Å²) in [7, 11) is 0. The normalized spacial score (nSPS) is 12.7. The zero-order valence-electron chi connectivity index (χ0n) is 7.11. The van der Waals surface area contributed by atoms with Crippen LogP contribution in [0.5, 0.6) is 0 Å². The lowest BCUT2D eigenvalue weighted by molar-refractivity contribution is -0.118. The summed E-state index contributed by atoms with van der Waals surface area (Å²) in [4.78, 5) is 10.4. The van der Waals surface area contributed by atoms with Crippen LogP contribution in [0.15, 0.2) is 0 Å². The van der Waals surface area contributed by atoms with E-state index in [1.807, 2.05) is 0 Å². The second-order valence-electron chi connectivity index (χ2n) is 2.79. The van der Waals surface area contributed by atoms with Gasteiger partial charge >= 0.3 is 0 Å². The Labute approximate surface area is 63.0 Å². The maximum absolute atomic E-state index is 10.4. The van der Waals surface area contributed by atoms with Gasteiger partial charge in [0.1, 0.15) is 0 Å². The molecule has 0 radical (unpaired) electrons. The van der Waals surface area contributed by atoms with E-state index >= 15 is 0 Å². The minimum atomic E-state index is 0.0725. The molecule has 0 unspecified atom stereocenters. The highest BCUT2D eigenvalue weighted by atomic mass is 16.1. The Hall–Kier alpha value is -0.530. The fourth-order valence-electron chi connectivity index (χ4n) is 0.699. The van der Waals surface area contributed by atoms with Gasteiger partial charge in [-0.3, -0.25) is 4.79 Å². The number of carbonyl (C=O) groups excluding carboxylic acids is 1. The molecule has 0 rings (SSSR count). The number of hydrogen-bond donors (Lipinski definition) is 1. The molecule has 1 N–H and O–H groups in total. The molecule has 0 aliphatic carbocycles. The van der Waals surface area contributed by atoms with Crippen LogP contribution >= 0.6 is 0 Å². The van der Waals surface area contributed by atoms with Crippen LogP contribution in [0, 0.1) is 5.92 Å². The van der Waals surface area contributed by atoms with Crippen molar-refractivity contribution in [2.75, 3.05) is 6.54 Å². The van der Waals surface area contributed by atoms with Crippen molar-refractivity contribution in [3.05, 3.63) is 0 Å². The molecule has 1 amide bonds. The van der Waals surface area contributed by atoms with Crippen molar-refractivity contribution in [2.45, 2.75) is 33.6 Å². The average Bonchev–Trinajstić information content (AvgIpc) is 1.87. The molecule has 60 valence electrons. The van der Waals surface area contributed by atoms with Gasteiger partial charge in [-0.2, -0.15) is 0 Å². The van der Waals surface area contributed by atoms with E-state index in [1.165, 1.54) is 6.42 Å². The maximum atomic E-state index is 10.4. The van der Waals surface area contributed by atoms with Crippen LogP contribution in [-0.4, -0.2) is 12.5 Å². The Bertz CT molecular complexity index is 101. The van der Waals surface area contributed by atoms with E-state index in [9.17, 15) is 4.79 Å². The van der Waals surface area contributed by atoms with Crippen LogP contribution in [0.2, 0.25) is 0 Å². The zero-order valence-corrected chi connectivity index (χ0v) is 7.11. The lowest BCUT2D eigenvalue weighted by Gasteiger charge is -2.07. The van der Waals surface area contributed by atoms with Gasteiger partial charge in [0.15, 0.2) is 0 Å². The van der Waals surface area contributed by atoms with Gasteiger partial charge in [-0.25, -0.2) is 0 Å². The molecule has 0 aromatic rings. The fraction of sp³-hybridized carbons (Fsp3) is 0.875. The summed E-state index contributed by atoms with van der Waals surface area (Å²) in [6, 6.07) is 0. The van der Waals surface area contributed by atoms with Crippen molar-refractivity contribution >= 4 is 5.91 Å². The number of hydrogen-bond acceptors (Lipinski definition) is 1. The standard InChI is InChI=1S/C8H17NO/c1-4-7(2)5-6-9-8(3)10/h7H,4-6H2,1-3H3,(H,9,10)/t7-/m1/s1. The van der Waals surface area contributed by atoms with Crippen molar-refractivity contribution < 1.29 is 4.79 Å². The van der Waals surface area contributed by atoms with E-state index in [-0.39, 0.29) is 5.91 Å². The molecule has 1 atom stereocenters. The third-order valence-corrected chi connectivity index (χ3v) is 1.71. The molecule has 0 aromatic carbocycles. The molecule has 0 spiro atoms. The predicted molar refractivity (Wildman–Crippen MR) is 42.8 cm³/mol. The highest BCUT2D eigenvalue weighted by molar-refractivity contribution is 5.72. The Morgan fingerprint density at radius 1 is 1.60 bits per heavy atom. The van der Waals surface area contributed by atoms with E-state index in [4.69, 9.17) is 0 Å². The highest BCUT2D eigenvalue weighted by Crippen LogP contribution is 2.03. The Kier molecular flexibility index (Phi) is 4.99. The number of nitrogens with one attached hydrogen (secondary N) is 1. The maximum Gasteiger partial charge on any atom is 0.216 e. The van der Waals surface area contributed by atoms with Gasteiger partial charge in [0, 0.05) is 13.5 Å². The SMILES string of the molecule is CC[C@@H](C)CCNC(C)=O. The highest BCUT2D eigenvalue weighted by Gasteiger charge is 1.97. The largest absolute Gasteiger partial charge is 0.356 e. The molecule has 2 nitrogen and oxygen atoms in total. The summed E-state index contributed by atoms with van der Waals surface area (Å²) in [6.45, 7) is 6.74. The summed E-state index contributed by atoms with van der Waals surface area (Å²) in [6.07, 6.45) is 2.29. The molecule has 10 heavy (non-hydrogen) atoms. The van der Waals surface area contributed by atoms with E-state index < -0.39 is 0 Å². The van der Waals surface area contributed by atoms with Gasteiger partial charge in [0.2, 0.25) is 5.91 Å². The Morgan fingerprint density at radius 3 is 2.60 bits per heavy atom. The molecule has 0 aliphatic rings. The zero-order chi connectivity index (χ0) is 7.98. The quantitative estimate of drug-likeness (QED) is 0.635. The first-order valence-corrected chi connectivity index (χ1v) is 3.91. The molecule has 0 saturated heterocycles. The van der Waals surface area contributed by atoms with Gasteiger partial charge in [-0.05, 0) is 12.3 Å². The molecule has 0 saturated carbocycles. The van der Waals surface area contributed by atoms with E-state index in [1.54, 1.807) is 6.92 Å². The van der Waals surface area contributed by atoms with Gasteiger partial charge in [-0.1, -0.05) is 20.3 Å². The predicted octanol–water partition coefficient (Wildman–Crippen LogP) is 1.56. The molecule has 2 heteroatoms. The van der Waals surface area contributed by atoms with Crippen LogP contribution in [0.1, 0.15) is 33.6 Å². The second kappa shape index (κ2) is 5.27. The third kappa shape index (κ3) is 5.60. The van der Waals surface area contributed by atoms with E-state index in [0.29, 0.717) is 0 Å². The van der Waals surface area contributed by atoms with Gasteiger partial charge < -0.3 is 5.32 Å². The molecule has 0 aliphatic heterocycles. The molecule has 0 heterocycles. The third-order valence-electron chi connectivity index (χ3n) is 1.71. The number of rotatable bonds is 4. The minimum absolute atomic E-state index is 0.0725. The van der Waals surface area contributed by atoms with Crippen LogP contribution in [-0.2, 0) is 4.79 Å². The van der Waals surface area contributed by atoms with Crippen molar-refractivity contribution in [1.82, 2.24) is 5.32 Å². The Balaban J connectivity index is 3.11. The smallest absolute Gasteiger partial charge is 0.216 e. The summed E-state index contributed by atoms with van der Waals surface area (Å²) >= 11 is 0. The summed E-state index contributed by atoms with van der Waals surface area (Å²) in [5.41, 5.74) is 0. The van der Waals surface area contributed by atoms with Crippen molar-refractivity contribution in [3.8, 4) is 0 Å². The van der Waals surface area contributed by atoms with Gasteiger partial charge in [0.05, 0.1) is 0 Å². The monoisotopic (exact) mass is 143 g/mol. The van der Waals surface area contributed by atoms with Crippen molar-refractivity contribution in [1.29, 1.82) is 0 Å². The van der Waals surface area contributed by atoms with Crippen LogP contribution in [0.25, 0.3) is 0 Å². The van der Waals surface area contributed by atoms with Crippen LogP contribution in [0.3, 0.4) is 0 Å². The first-order valence-electron chi connectivity index (χ1n) is 3.91. The molecule has 0 bridgehead atoms. The van der Waals surface area contributed by atoms with Gasteiger partial charge in [0.25, 0.3) is 0 Å². The Morgan fingerprint density at radius 2 is 2.20 bits per heavy atom. The van der Waals surface area contributed by atoms with Crippen molar-refractivity contribution in [2.24, 2.45) is 5.92 Å². The first kappa shape index (κ1) is 9.47. The second-order valence-corrected chi connectivity index (χ2v) is 2.79. The van der Waals surface area contributed by atoms with E-state index in [0.717, 1.165) is 18.9 Å². The molecule has 0 aromatic heterocycles. The summed E-state index contributed by atoms with van der Waals surface area (Å²) in [5.74, 6) is 0.801. The molecular weight excluding hydrogens is 126 g/mol. The average molecular weight is 143 g/mol. The molecule has 0 fully saturated rings. The van der Waals surface area contributed by atoms with E-state index in [2.05, 4.69) is 19.2 Å². The lowest BCUT2D eigenvalue weighted by Crippen LogP contribution is -2.22. The molecular formula is C8H17NO. The summed E-state index contributed by atoms with van der Waals surface area (Å²) < 4.78 is 0. The fourth-order valence-corrected chi connectivity index (χ4v) is 0.699. The van der Waals surface area contributed by atoms with Crippen LogP contribution in [0.4, 0.5) is 0 Å². The topological polar surface area (TPSA) is 29.1 Å². The first-order chi connectivity index (χ1) is 4.66. The number of carbonyl (C=O) groups is 1. The minimum Gasteiger partial charge on any atom is -0.356 e. The lowest BCUT2D eigenvalue weighted by atomic mass is 10.1. The summed E-state index contributed by atoms with van der Waals surface area (Å²) in [5, 5.41) is 2.77. The van der Waals surface area contributed by atoms with Gasteiger partial charge in [-0.15, -0.1) is 0 Å². The van der Waals surface area contributed by atoms with Crippen LogP contribution < -0.4 is 5.32 Å². The number of amides is 1.